The van der Waals surface area contributed by atoms with Crippen LogP contribution in [0.2, 0.25) is 0 Å². The van der Waals surface area contributed by atoms with E-state index in [2.05, 4.69) is 21.2 Å². The largest absolute Gasteiger partial charge is 0.352 e. The van der Waals surface area contributed by atoms with Crippen molar-refractivity contribution in [3.63, 3.8) is 0 Å². The van der Waals surface area contributed by atoms with Crippen molar-refractivity contribution in [1.82, 2.24) is 10.2 Å². The van der Waals surface area contributed by atoms with Gasteiger partial charge >= 0.3 is 0 Å². The highest BCUT2D eigenvalue weighted by Gasteiger charge is 2.34. The maximum atomic E-state index is 14.3. The lowest BCUT2D eigenvalue weighted by Crippen LogP contribution is -2.54. The number of rotatable bonds is 11. The Morgan fingerprint density at radius 1 is 0.951 bits per heavy atom. The molecule has 7 nitrogen and oxygen atoms in total. The summed E-state index contributed by atoms with van der Waals surface area (Å²) in [6.45, 7) is 3.49. The molecule has 3 aromatic carbocycles. The number of halogens is 1. The number of carbonyl (C=O) groups is 2. The van der Waals surface area contributed by atoms with E-state index in [-0.39, 0.29) is 18.5 Å². The zero-order valence-electron chi connectivity index (χ0n) is 23.8. The fourth-order valence-corrected chi connectivity index (χ4v) is 6.70. The van der Waals surface area contributed by atoms with Crippen LogP contribution in [0.4, 0.5) is 5.69 Å². The quantitative estimate of drug-likeness (QED) is 0.299. The van der Waals surface area contributed by atoms with Crippen molar-refractivity contribution in [2.45, 2.75) is 64.6 Å². The number of hydrogen-bond donors (Lipinski definition) is 1. The van der Waals surface area contributed by atoms with Crippen LogP contribution >= 0.6 is 15.9 Å². The van der Waals surface area contributed by atoms with Gasteiger partial charge in [0.2, 0.25) is 21.8 Å². The van der Waals surface area contributed by atoms with E-state index in [1.54, 1.807) is 17.0 Å². The molecule has 0 bridgehead atoms. The van der Waals surface area contributed by atoms with Gasteiger partial charge in [0.25, 0.3) is 0 Å². The molecule has 0 heterocycles. The Hall–Kier alpha value is -3.17. The van der Waals surface area contributed by atoms with Crippen LogP contribution in [-0.4, -0.2) is 50.0 Å². The second kappa shape index (κ2) is 13.7. The Morgan fingerprint density at radius 2 is 1.61 bits per heavy atom. The van der Waals surface area contributed by atoms with Gasteiger partial charge < -0.3 is 10.2 Å². The lowest BCUT2D eigenvalue weighted by atomic mass is 10.0. The van der Waals surface area contributed by atoms with Crippen molar-refractivity contribution in [3.05, 3.63) is 99.5 Å². The smallest absolute Gasteiger partial charge is 0.244 e. The van der Waals surface area contributed by atoms with E-state index >= 15 is 0 Å². The molecular formula is C32H38BrN3O4S. The second-order valence-electron chi connectivity index (χ2n) is 10.8. The Morgan fingerprint density at radius 3 is 2.27 bits per heavy atom. The molecule has 0 aliphatic heterocycles. The first-order valence-corrected chi connectivity index (χ1v) is 16.6. The fraction of sp³-hybridized carbons (Fsp3) is 0.375. The summed E-state index contributed by atoms with van der Waals surface area (Å²) >= 11 is 3.51. The summed E-state index contributed by atoms with van der Waals surface area (Å²) in [4.78, 5) is 29.7. The molecule has 0 saturated heterocycles. The maximum absolute atomic E-state index is 14.3. The number of amides is 2. The zero-order valence-corrected chi connectivity index (χ0v) is 26.2. The molecule has 0 radical (unpaired) electrons. The van der Waals surface area contributed by atoms with Gasteiger partial charge in [0.1, 0.15) is 12.6 Å². The Kier molecular flexibility index (Phi) is 10.3. The summed E-state index contributed by atoms with van der Waals surface area (Å²) in [5, 5.41) is 3.19. The van der Waals surface area contributed by atoms with Crippen LogP contribution in [0.1, 0.15) is 47.9 Å². The summed E-state index contributed by atoms with van der Waals surface area (Å²) in [7, 11) is -3.81. The van der Waals surface area contributed by atoms with Crippen LogP contribution in [0.25, 0.3) is 0 Å². The summed E-state index contributed by atoms with van der Waals surface area (Å²) in [6, 6.07) is 21.9. The third-order valence-electron chi connectivity index (χ3n) is 7.74. The SMILES string of the molecule is Cc1cccc(N(CC(=O)N(Cc2cccc(Br)c2)[C@@H](Cc2ccccc2)C(=O)NC2CCCC2)S(C)(=O)=O)c1C. The Balaban J connectivity index is 1.74. The van der Waals surface area contributed by atoms with Crippen molar-refractivity contribution in [2.24, 2.45) is 0 Å². The van der Waals surface area contributed by atoms with Gasteiger partial charge in [-0.2, -0.15) is 0 Å². The van der Waals surface area contributed by atoms with Crippen LogP contribution in [-0.2, 0) is 32.6 Å². The molecule has 0 spiro atoms. The second-order valence-corrected chi connectivity index (χ2v) is 13.7. The van der Waals surface area contributed by atoms with Gasteiger partial charge in [-0.1, -0.05) is 83.4 Å². The highest BCUT2D eigenvalue weighted by molar-refractivity contribution is 9.10. The molecule has 0 aromatic heterocycles. The normalized spacial score (nSPS) is 14.4. The number of nitrogens with one attached hydrogen (secondary N) is 1. The molecule has 41 heavy (non-hydrogen) atoms. The first kappa shape index (κ1) is 30.8. The first-order chi connectivity index (χ1) is 19.5. The molecule has 1 atom stereocenters. The molecule has 0 unspecified atom stereocenters. The fourth-order valence-electron chi connectivity index (χ4n) is 5.35. The minimum absolute atomic E-state index is 0.0751. The molecule has 2 amide bonds. The molecule has 218 valence electrons. The molecule has 3 aromatic rings. The standard InChI is InChI=1S/C32H38BrN3O4S/c1-23-11-9-18-29(24(23)2)36(41(3,39)40)22-31(37)35(21-26-14-10-15-27(33)19-26)30(20-25-12-5-4-6-13-25)32(38)34-28-16-7-8-17-28/h4-6,9-15,18-19,28,30H,7-8,16-17,20-22H2,1-3H3,(H,34,38)/t30-/m0/s1. The molecule has 1 fully saturated rings. The third-order valence-corrected chi connectivity index (χ3v) is 9.36. The van der Waals surface area contributed by atoms with E-state index in [0.29, 0.717) is 12.1 Å². The van der Waals surface area contributed by atoms with Gasteiger partial charge in [-0.15, -0.1) is 0 Å². The lowest BCUT2D eigenvalue weighted by Gasteiger charge is -2.34. The molecule has 4 rings (SSSR count). The number of benzene rings is 3. The Labute approximate surface area is 252 Å². The summed E-state index contributed by atoms with van der Waals surface area (Å²) in [5.41, 5.74) is 3.91. The van der Waals surface area contributed by atoms with Crippen LogP contribution < -0.4 is 9.62 Å². The minimum atomic E-state index is -3.81. The molecule has 1 aliphatic rings. The van der Waals surface area contributed by atoms with Gasteiger partial charge in [-0.05, 0) is 67.1 Å². The number of nitrogens with zero attached hydrogens (tertiary/aromatic N) is 2. The van der Waals surface area contributed by atoms with Crippen LogP contribution in [0.5, 0.6) is 0 Å². The first-order valence-electron chi connectivity index (χ1n) is 13.9. The maximum Gasteiger partial charge on any atom is 0.244 e. The van der Waals surface area contributed by atoms with Gasteiger partial charge in [0, 0.05) is 23.5 Å². The van der Waals surface area contributed by atoms with E-state index in [1.807, 2.05) is 74.5 Å². The summed E-state index contributed by atoms with van der Waals surface area (Å²) in [6.07, 6.45) is 5.37. The van der Waals surface area contributed by atoms with E-state index in [9.17, 15) is 18.0 Å². The predicted octanol–water partition coefficient (Wildman–Crippen LogP) is 5.53. The van der Waals surface area contributed by atoms with Crippen molar-refractivity contribution < 1.29 is 18.0 Å². The summed E-state index contributed by atoms with van der Waals surface area (Å²) < 4.78 is 28.1. The lowest BCUT2D eigenvalue weighted by molar-refractivity contribution is -0.140. The van der Waals surface area contributed by atoms with Crippen LogP contribution in [0, 0.1) is 13.8 Å². The number of carbonyl (C=O) groups excluding carboxylic acids is 2. The number of hydrogen-bond acceptors (Lipinski definition) is 4. The molecule has 1 aliphatic carbocycles. The predicted molar refractivity (Wildman–Crippen MR) is 167 cm³/mol. The topological polar surface area (TPSA) is 86.8 Å². The highest BCUT2D eigenvalue weighted by Crippen LogP contribution is 2.26. The van der Waals surface area contributed by atoms with Crippen LogP contribution in [0.15, 0.2) is 77.3 Å². The number of sulfonamides is 1. The summed E-state index contributed by atoms with van der Waals surface area (Å²) in [5.74, 6) is -0.666. The monoisotopic (exact) mass is 639 g/mol. The molecule has 1 N–H and O–H groups in total. The molecule has 9 heteroatoms. The number of aryl methyl sites for hydroxylation is 1. The average molecular weight is 641 g/mol. The van der Waals surface area contributed by atoms with E-state index < -0.39 is 28.5 Å². The zero-order chi connectivity index (χ0) is 29.6. The van der Waals surface area contributed by atoms with E-state index in [1.165, 1.54) is 0 Å². The van der Waals surface area contributed by atoms with Gasteiger partial charge in [0.15, 0.2) is 0 Å². The van der Waals surface area contributed by atoms with Crippen molar-refractivity contribution in [3.8, 4) is 0 Å². The van der Waals surface area contributed by atoms with Gasteiger partial charge in [-0.3, -0.25) is 13.9 Å². The minimum Gasteiger partial charge on any atom is -0.352 e. The van der Waals surface area contributed by atoms with Crippen LogP contribution in [0.3, 0.4) is 0 Å². The highest BCUT2D eigenvalue weighted by atomic mass is 79.9. The van der Waals surface area contributed by atoms with E-state index in [0.717, 1.165) is 63.0 Å². The average Bonchev–Trinajstić information content (AvgIpc) is 3.44. The van der Waals surface area contributed by atoms with Crippen molar-refractivity contribution in [1.29, 1.82) is 0 Å². The van der Waals surface area contributed by atoms with Crippen molar-refractivity contribution >= 4 is 43.5 Å². The number of anilines is 1. The van der Waals surface area contributed by atoms with Gasteiger partial charge in [-0.25, -0.2) is 8.42 Å². The Bertz CT molecular complexity index is 1470. The van der Waals surface area contributed by atoms with Gasteiger partial charge in [0.05, 0.1) is 11.9 Å². The third kappa shape index (κ3) is 8.20. The molecular weight excluding hydrogens is 602 g/mol. The van der Waals surface area contributed by atoms with Crippen molar-refractivity contribution in [2.75, 3.05) is 17.1 Å². The molecule has 1 saturated carbocycles. The van der Waals surface area contributed by atoms with E-state index in [4.69, 9.17) is 0 Å².